The molecule has 0 aromatic heterocycles. The number of rotatable bonds is 46. The molecule has 384 valence electrons. The molecule has 0 aromatic rings. The van der Waals surface area contributed by atoms with Crippen molar-refractivity contribution in [3.63, 3.8) is 0 Å². The van der Waals surface area contributed by atoms with Crippen molar-refractivity contribution in [3.05, 3.63) is 48.6 Å². The van der Waals surface area contributed by atoms with Crippen LogP contribution in [0.4, 0.5) is 0 Å². The second-order valence-electron chi connectivity index (χ2n) is 18.7. The van der Waals surface area contributed by atoms with Gasteiger partial charge in [-0.2, -0.15) is 0 Å². The normalized spacial score (nSPS) is 19.5. The van der Waals surface area contributed by atoms with Gasteiger partial charge in [0.05, 0.1) is 13.2 Å². The van der Waals surface area contributed by atoms with Crippen molar-refractivity contribution in [2.75, 3.05) is 19.8 Å². The van der Waals surface area contributed by atoms with Crippen molar-refractivity contribution in [1.82, 2.24) is 0 Å². The highest BCUT2D eigenvalue weighted by Gasteiger charge is 2.44. The number of carbonyl (C=O) groups excluding carboxylic acids is 2. The van der Waals surface area contributed by atoms with E-state index in [0.717, 1.165) is 70.6 Å². The molecule has 4 N–H and O–H groups in total. The van der Waals surface area contributed by atoms with Crippen LogP contribution in [0.5, 0.6) is 0 Å². The Morgan fingerprint density at radius 1 is 0.485 bits per heavy atom. The van der Waals surface area contributed by atoms with Crippen LogP contribution >= 0.6 is 0 Å². The van der Waals surface area contributed by atoms with Gasteiger partial charge in [-0.05, 0) is 51.4 Å². The minimum Gasteiger partial charge on any atom is -0.462 e. The Hall–Kier alpha value is -2.34. The topological polar surface area (TPSA) is 152 Å². The highest BCUT2D eigenvalue weighted by Crippen LogP contribution is 2.23. The van der Waals surface area contributed by atoms with E-state index in [1.54, 1.807) is 0 Å². The maximum absolute atomic E-state index is 12.9. The van der Waals surface area contributed by atoms with Crippen LogP contribution in [0.1, 0.15) is 239 Å². The van der Waals surface area contributed by atoms with Crippen LogP contribution < -0.4 is 0 Å². The molecule has 10 heteroatoms. The van der Waals surface area contributed by atoms with Crippen LogP contribution in [-0.2, 0) is 28.5 Å². The van der Waals surface area contributed by atoms with Crippen LogP contribution in [0.2, 0.25) is 0 Å². The van der Waals surface area contributed by atoms with Gasteiger partial charge in [0.2, 0.25) is 0 Å². The number of hydrogen-bond acceptors (Lipinski definition) is 10. The first-order valence-corrected chi connectivity index (χ1v) is 27.2. The molecule has 0 amide bonds. The van der Waals surface area contributed by atoms with Crippen LogP contribution in [0.25, 0.3) is 0 Å². The van der Waals surface area contributed by atoms with Crippen LogP contribution in [0.3, 0.4) is 0 Å². The Morgan fingerprint density at radius 3 is 1.35 bits per heavy atom. The maximum Gasteiger partial charge on any atom is 0.306 e. The summed E-state index contributed by atoms with van der Waals surface area (Å²) in [5, 5.41) is 40.3. The molecule has 0 saturated carbocycles. The van der Waals surface area contributed by atoms with Gasteiger partial charge in [-0.1, -0.05) is 223 Å². The summed E-state index contributed by atoms with van der Waals surface area (Å²) >= 11 is 0. The van der Waals surface area contributed by atoms with Gasteiger partial charge in [0.1, 0.15) is 31.0 Å². The Labute approximate surface area is 403 Å². The predicted molar refractivity (Wildman–Crippen MR) is 270 cm³/mol. The Balaban J connectivity index is 2.23. The molecule has 1 heterocycles. The van der Waals surface area contributed by atoms with Gasteiger partial charge in [-0.15, -0.1) is 0 Å². The zero-order chi connectivity index (χ0) is 48.0. The first-order chi connectivity index (χ1) is 32.3. The van der Waals surface area contributed by atoms with Crippen molar-refractivity contribution >= 4 is 11.9 Å². The molecule has 0 radical (unpaired) electrons. The third kappa shape index (κ3) is 36.7. The molecule has 1 rings (SSSR count). The number of allylic oxidation sites excluding steroid dienone is 8. The maximum atomic E-state index is 12.9. The first kappa shape index (κ1) is 61.7. The minimum atomic E-state index is -1.60. The number of aliphatic hydroxyl groups excluding tert-OH is 4. The van der Waals surface area contributed by atoms with Crippen LogP contribution in [0.15, 0.2) is 48.6 Å². The highest BCUT2D eigenvalue weighted by atomic mass is 16.7. The Bertz CT molecular complexity index is 1210. The van der Waals surface area contributed by atoms with Crippen molar-refractivity contribution in [2.45, 2.75) is 275 Å². The zero-order valence-electron chi connectivity index (χ0n) is 42.2. The fraction of sp³-hybridized carbons (Fsp3) is 0.821. The van der Waals surface area contributed by atoms with E-state index in [1.807, 2.05) is 0 Å². The van der Waals surface area contributed by atoms with E-state index in [1.165, 1.54) is 135 Å². The van der Waals surface area contributed by atoms with Gasteiger partial charge in [0, 0.05) is 12.8 Å². The number of ether oxygens (including phenoxy) is 4. The van der Waals surface area contributed by atoms with Gasteiger partial charge in [-0.3, -0.25) is 9.59 Å². The van der Waals surface area contributed by atoms with E-state index >= 15 is 0 Å². The summed E-state index contributed by atoms with van der Waals surface area (Å²) in [6.07, 6.45) is 49.7. The number of hydrogen-bond donors (Lipinski definition) is 4. The van der Waals surface area contributed by atoms with Crippen LogP contribution in [-0.4, -0.2) is 89.0 Å². The lowest BCUT2D eigenvalue weighted by Crippen LogP contribution is -2.59. The summed E-state index contributed by atoms with van der Waals surface area (Å²) in [4.78, 5) is 25.5. The summed E-state index contributed by atoms with van der Waals surface area (Å²) in [5.74, 6) is -0.806. The minimum absolute atomic E-state index is 0.219. The second-order valence-corrected chi connectivity index (χ2v) is 18.7. The monoisotopic (exact) mass is 933 g/mol. The fourth-order valence-electron chi connectivity index (χ4n) is 8.24. The van der Waals surface area contributed by atoms with Gasteiger partial charge in [-0.25, -0.2) is 0 Å². The average molecular weight is 933 g/mol. The molecule has 1 aliphatic heterocycles. The van der Waals surface area contributed by atoms with Crippen LogP contribution in [0, 0.1) is 0 Å². The predicted octanol–water partition coefficient (Wildman–Crippen LogP) is 13.2. The average Bonchev–Trinajstić information content (AvgIpc) is 3.32. The lowest BCUT2D eigenvalue weighted by molar-refractivity contribution is -0.305. The van der Waals surface area contributed by atoms with Gasteiger partial charge in [0.15, 0.2) is 12.4 Å². The zero-order valence-corrected chi connectivity index (χ0v) is 42.2. The quantitative estimate of drug-likeness (QED) is 0.0264. The van der Waals surface area contributed by atoms with E-state index in [4.69, 9.17) is 18.9 Å². The highest BCUT2D eigenvalue weighted by molar-refractivity contribution is 5.70. The molecule has 1 aliphatic rings. The fourth-order valence-corrected chi connectivity index (χ4v) is 8.24. The summed E-state index contributed by atoms with van der Waals surface area (Å²) in [6, 6.07) is 0. The summed E-state index contributed by atoms with van der Waals surface area (Å²) in [5.41, 5.74) is 0. The number of carbonyl (C=O) groups is 2. The number of esters is 2. The summed E-state index contributed by atoms with van der Waals surface area (Å²) in [6.45, 7) is 3.34. The number of unbranched alkanes of at least 4 members (excludes halogenated alkanes) is 27. The van der Waals surface area contributed by atoms with Crippen molar-refractivity contribution < 1.29 is 49.0 Å². The molecule has 66 heavy (non-hydrogen) atoms. The second kappa shape index (κ2) is 46.4. The summed E-state index contributed by atoms with van der Waals surface area (Å²) < 4.78 is 22.3. The Kier molecular flexibility index (Phi) is 43.4. The van der Waals surface area contributed by atoms with E-state index in [-0.39, 0.29) is 32.0 Å². The summed E-state index contributed by atoms with van der Waals surface area (Å²) in [7, 11) is 0. The molecule has 6 unspecified atom stereocenters. The lowest BCUT2D eigenvalue weighted by Gasteiger charge is -2.39. The third-order valence-electron chi connectivity index (χ3n) is 12.5. The number of aliphatic hydroxyl groups is 4. The molecule has 0 bridgehead atoms. The molecular weight excluding hydrogens is 833 g/mol. The van der Waals surface area contributed by atoms with Crippen molar-refractivity contribution in [2.24, 2.45) is 0 Å². The molecular formula is C56H100O10. The molecule has 1 saturated heterocycles. The lowest BCUT2D eigenvalue weighted by atomic mass is 9.99. The SMILES string of the molecule is CC/C=C\C/C=C\C/C=C\C/C=C\CCCCCCCCCCC(=O)OC(COC(=O)CCCCCCCCCCCCCCCCCCCCCC)COC1OC(CO)C(O)C(O)C1O. The third-order valence-corrected chi connectivity index (χ3v) is 12.5. The van der Waals surface area contributed by atoms with Crippen molar-refractivity contribution in [1.29, 1.82) is 0 Å². The largest absolute Gasteiger partial charge is 0.462 e. The smallest absolute Gasteiger partial charge is 0.306 e. The van der Waals surface area contributed by atoms with Gasteiger partial charge >= 0.3 is 11.9 Å². The van der Waals surface area contributed by atoms with Gasteiger partial charge in [0.25, 0.3) is 0 Å². The van der Waals surface area contributed by atoms with E-state index in [2.05, 4.69) is 62.5 Å². The molecule has 10 nitrogen and oxygen atoms in total. The molecule has 1 fully saturated rings. The standard InChI is InChI=1S/C56H100O10/c1-3-5-7-9-11-13-15-17-19-21-23-25-27-29-31-33-35-37-39-41-43-45-52(59)65-49(48-64-56-55(62)54(61)53(60)50(46-57)66-56)47-63-51(58)44-42-40-38-36-34-32-30-28-26-24-22-20-18-16-14-12-10-8-6-4-2/h5,7,11,13,17,19,23,25,49-50,53-57,60-62H,3-4,6,8-10,12,14-16,18,20-22,24,26-48H2,1-2H3/b7-5-,13-11-,19-17-,25-23-. The molecule has 6 atom stereocenters. The Morgan fingerprint density at radius 2 is 0.894 bits per heavy atom. The van der Waals surface area contributed by atoms with Gasteiger partial charge < -0.3 is 39.4 Å². The molecule has 0 aromatic carbocycles. The van der Waals surface area contributed by atoms with E-state index in [9.17, 15) is 30.0 Å². The molecule has 0 spiro atoms. The first-order valence-electron chi connectivity index (χ1n) is 27.2. The van der Waals surface area contributed by atoms with E-state index < -0.39 is 49.4 Å². The van der Waals surface area contributed by atoms with E-state index in [0.29, 0.717) is 6.42 Å². The molecule has 0 aliphatic carbocycles. The van der Waals surface area contributed by atoms with Crippen molar-refractivity contribution in [3.8, 4) is 0 Å².